The lowest BCUT2D eigenvalue weighted by molar-refractivity contribution is -0.125. The number of fused-ring (bicyclic) bond motifs is 1. The van der Waals surface area contributed by atoms with Gasteiger partial charge in [-0.25, -0.2) is 0 Å². The van der Waals surface area contributed by atoms with Crippen LogP contribution in [0.1, 0.15) is 29.0 Å². The number of carbonyl (C=O) groups is 2. The van der Waals surface area contributed by atoms with Crippen molar-refractivity contribution in [1.29, 1.82) is 0 Å². The SMILES string of the molecule is O=C(NCc1ccc2c(c1)OCO2)C1CCCN1C(=O)c1ccco1. The summed E-state index contributed by atoms with van der Waals surface area (Å²) in [6.07, 6.45) is 2.91. The summed E-state index contributed by atoms with van der Waals surface area (Å²) in [6, 6.07) is 8.37. The van der Waals surface area contributed by atoms with Crippen molar-refractivity contribution in [3.05, 3.63) is 47.9 Å². The average molecular weight is 342 g/mol. The second-order valence-electron chi connectivity index (χ2n) is 6.04. The predicted octanol–water partition coefficient (Wildman–Crippen LogP) is 1.93. The topological polar surface area (TPSA) is 81.0 Å². The van der Waals surface area contributed by atoms with Crippen LogP contribution in [0.3, 0.4) is 0 Å². The first-order valence-corrected chi connectivity index (χ1v) is 8.23. The summed E-state index contributed by atoms with van der Waals surface area (Å²) < 4.78 is 15.8. The molecule has 7 nitrogen and oxygen atoms in total. The maximum absolute atomic E-state index is 12.5. The fourth-order valence-electron chi connectivity index (χ4n) is 3.18. The molecule has 0 saturated carbocycles. The first-order chi connectivity index (χ1) is 12.2. The summed E-state index contributed by atoms with van der Waals surface area (Å²) in [5, 5.41) is 2.90. The van der Waals surface area contributed by atoms with Gasteiger partial charge in [-0.2, -0.15) is 0 Å². The van der Waals surface area contributed by atoms with E-state index in [4.69, 9.17) is 13.9 Å². The highest BCUT2D eigenvalue weighted by molar-refractivity contribution is 5.95. The summed E-state index contributed by atoms with van der Waals surface area (Å²) in [6.45, 7) is 1.15. The molecule has 1 unspecified atom stereocenters. The van der Waals surface area contributed by atoms with E-state index >= 15 is 0 Å². The number of nitrogens with one attached hydrogen (secondary N) is 1. The Labute approximate surface area is 144 Å². The van der Waals surface area contributed by atoms with E-state index in [9.17, 15) is 9.59 Å². The molecular weight excluding hydrogens is 324 g/mol. The van der Waals surface area contributed by atoms with Gasteiger partial charge in [-0.3, -0.25) is 9.59 Å². The number of amides is 2. The molecule has 1 fully saturated rings. The quantitative estimate of drug-likeness (QED) is 0.918. The Balaban J connectivity index is 1.39. The van der Waals surface area contributed by atoms with Crippen molar-refractivity contribution in [2.75, 3.05) is 13.3 Å². The van der Waals surface area contributed by atoms with E-state index in [0.717, 1.165) is 12.0 Å². The Morgan fingerprint density at radius 1 is 1.20 bits per heavy atom. The third kappa shape index (κ3) is 3.05. The number of likely N-dealkylation sites (tertiary alicyclic amines) is 1. The number of benzene rings is 1. The molecule has 1 saturated heterocycles. The number of ether oxygens (including phenoxy) is 2. The van der Waals surface area contributed by atoms with Crippen LogP contribution in [0.15, 0.2) is 41.0 Å². The van der Waals surface area contributed by atoms with Crippen LogP contribution < -0.4 is 14.8 Å². The number of rotatable bonds is 4. The van der Waals surface area contributed by atoms with Gasteiger partial charge < -0.3 is 24.1 Å². The van der Waals surface area contributed by atoms with Crippen molar-refractivity contribution >= 4 is 11.8 Å². The maximum Gasteiger partial charge on any atom is 0.290 e. The van der Waals surface area contributed by atoms with Gasteiger partial charge in [0.2, 0.25) is 12.7 Å². The van der Waals surface area contributed by atoms with Gasteiger partial charge >= 0.3 is 0 Å². The van der Waals surface area contributed by atoms with E-state index in [0.29, 0.717) is 31.0 Å². The van der Waals surface area contributed by atoms with E-state index < -0.39 is 6.04 Å². The lowest BCUT2D eigenvalue weighted by atomic mass is 10.1. The molecule has 2 amide bonds. The molecule has 2 aliphatic rings. The molecular formula is C18H18N2O5. The van der Waals surface area contributed by atoms with Crippen molar-refractivity contribution in [2.45, 2.75) is 25.4 Å². The van der Waals surface area contributed by atoms with Crippen molar-refractivity contribution in [3.8, 4) is 11.5 Å². The van der Waals surface area contributed by atoms with Gasteiger partial charge in [0.15, 0.2) is 17.3 Å². The predicted molar refractivity (Wildman–Crippen MR) is 87.2 cm³/mol. The van der Waals surface area contributed by atoms with Crippen LogP contribution in [-0.2, 0) is 11.3 Å². The van der Waals surface area contributed by atoms with Crippen LogP contribution in [0.25, 0.3) is 0 Å². The van der Waals surface area contributed by atoms with E-state index in [1.54, 1.807) is 17.0 Å². The fourth-order valence-corrected chi connectivity index (χ4v) is 3.18. The zero-order chi connectivity index (χ0) is 17.2. The molecule has 0 bridgehead atoms. The molecule has 4 rings (SSSR count). The fraction of sp³-hybridized carbons (Fsp3) is 0.333. The Bertz CT molecular complexity index is 787. The molecule has 25 heavy (non-hydrogen) atoms. The van der Waals surface area contributed by atoms with E-state index in [-0.39, 0.29) is 24.4 Å². The Hall–Kier alpha value is -2.96. The number of hydrogen-bond donors (Lipinski definition) is 1. The van der Waals surface area contributed by atoms with Crippen LogP contribution >= 0.6 is 0 Å². The molecule has 1 aromatic heterocycles. The van der Waals surface area contributed by atoms with Gasteiger partial charge in [0.25, 0.3) is 5.91 Å². The molecule has 2 aromatic rings. The molecule has 1 atom stereocenters. The van der Waals surface area contributed by atoms with Gasteiger partial charge in [0.1, 0.15) is 6.04 Å². The highest BCUT2D eigenvalue weighted by atomic mass is 16.7. The van der Waals surface area contributed by atoms with Crippen molar-refractivity contribution in [2.24, 2.45) is 0 Å². The Kier molecular flexibility index (Phi) is 4.05. The van der Waals surface area contributed by atoms with Gasteiger partial charge in [-0.1, -0.05) is 6.07 Å². The lowest BCUT2D eigenvalue weighted by Gasteiger charge is -2.23. The molecule has 1 aromatic carbocycles. The molecule has 0 radical (unpaired) electrons. The maximum atomic E-state index is 12.5. The van der Waals surface area contributed by atoms with Gasteiger partial charge in [-0.05, 0) is 42.7 Å². The lowest BCUT2D eigenvalue weighted by Crippen LogP contribution is -2.45. The molecule has 1 N–H and O–H groups in total. The highest BCUT2D eigenvalue weighted by Crippen LogP contribution is 2.32. The minimum absolute atomic E-state index is 0.157. The van der Waals surface area contributed by atoms with Crippen molar-refractivity contribution in [1.82, 2.24) is 10.2 Å². The summed E-state index contributed by atoms with van der Waals surface area (Å²) >= 11 is 0. The molecule has 3 heterocycles. The third-order valence-electron chi connectivity index (χ3n) is 4.45. The van der Waals surface area contributed by atoms with Gasteiger partial charge in [-0.15, -0.1) is 0 Å². The molecule has 7 heteroatoms. The summed E-state index contributed by atoms with van der Waals surface area (Å²) in [4.78, 5) is 26.6. The van der Waals surface area contributed by atoms with E-state index in [1.165, 1.54) is 6.26 Å². The molecule has 0 aliphatic carbocycles. The first-order valence-electron chi connectivity index (χ1n) is 8.23. The second kappa shape index (κ2) is 6.51. The third-order valence-corrected chi connectivity index (χ3v) is 4.45. The van der Waals surface area contributed by atoms with E-state index in [1.807, 2.05) is 18.2 Å². The normalized spacial score (nSPS) is 18.4. The molecule has 130 valence electrons. The standard InChI is InChI=1S/C18H18N2O5/c21-17(19-10-12-5-6-14-16(9-12)25-11-24-14)13-3-1-7-20(13)18(22)15-4-2-8-23-15/h2,4-6,8-9,13H,1,3,7,10-11H2,(H,19,21). The Morgan fingerprint density at radius 2 is 2.08 bits per heavy atom. The van der Waals surface area contributed by atoms with Crippen LogP contribution in [0, 0.1) is 0 Å². The smallest absolute Gasteiger partial charge is 0.290 e. The highest BCUT2D eigenvalue weighted by Gasteiger charge is 2.35. The number of carbonyl (C=O) groups excluding carboxylic acids is 2. The van der Waals surface area contributed by atoms with Crippen LogP contribution in [-0.4, -0.2) is 36.1 Å². The minimum Gasteiger partial charge on any atom is -0.459 e. The summed E-state index contributed by atoms with van der Waals surface area (Å²) in [5.41, 5.74) is 0.916. The van der Waals surface area contributed by atoms with Crippen LogP contribution in [0.4, 0.5) is 0 Å². The summed E-state index contributed by atoms with van der Waals surface area (Å²) in [7, 11) is 0. The zero-order valence-corrected chi connectivity index (χ0v) is 13.6. The monoisotopic (exact) mass is 342 g/mol. The van der Waals surface area contributed by atoms with Crippen LogP contribution in [0.5, 0.6) is 11.5 Å². The van der Waals surface area contributed by atoms with Gasteiger partial charge in [0.05, 0.1) is 6.26 Å². The zero-order valence-electron chi connectivity index (χ0n) is 13.6. The molecule has 2 aliphatic heterocycles. The van der Waals surface area contributed by atoms with Crippen LogP contribution in [0.2, 0.25) is 0 Å². The van der Waals surface area contributed by atoms with E-state index in [2.05, 4.69) is 5.32 Å². The van der Waals surface area contributed by atoms with Crippen molar-refractivity contribution < 1.29 is 23.5 Å². The molecule has 0 spiro atoms. The Morgan fingerprint density at radius 3 is 2.92 bits per heavy atom. The number of nitrogens with zero attached hydrogens (tertiary/aromatic N) is 1. The largest absolute Gasteiger partial charge is 0.459 e. The second-order valence-corrected chi connectivity index (χ2v) is 6.04. The first kappa shape index (κ1) is 15.6. The van der Waals surface area contributed by atoms with Crippen molar-refractivity contribution in [3.63, 3.8) is 0 Å². The van der Waals surface area contributed by atoms with Gasteiger partial charge in [0, 0.05) is 13.1 Å². The summed E-state index contributed by atoms with van der Waals surface area (Å²) in [5.74, 6) is 1.25. The number of hydrogen-bond acceptors (Lipinski definition) is 5. The minimum atomic E-state index is -0.466. The average Bonchev–Trinajstić information content (AvgIpc) is 3.39. The number of furan rings is 1.